The standard InChI is InChI=1S/C20H22N2O6/c1-25-13-9-7-12(8-10-13)21-20(24)22-16-15-11-26-19(28-15)18(17(16)23)27-14-5-3-2-4-6-14/h2-10,15-19,23H,11H2,1H3,(H2,21,22,24)/t15-,16-,17+,18-,19-/m1/s1. The average Bonchev–Trinajstić information content (AvgIpc) is 3.16. The summed E-state index contributed by atoms with van der Waals surface area (Å²) in [5.41, 5.74) is 0.599. The van der Waals surface area contributed by atoms with Crippen molar-refractivity contribution in [3.05, 3.63) is 54.6 Å². The van der Waals surface area contributed by atoms with Crippen molar-refractivity contribution in [2.75, 3.05) is 19.0 Å². The second-order valence-corrected chi connectivity index (χ2v) is 6.62. The third-order valence-corrected chi connectivity index (χ3v) is 4.77. The molecular formula is C20H22N2O6. The Labute approximate surface area is 162 Å². The van der Waals surface area contributed by atoms with E-state index in [1.807, 2.05) is 18.2 Å². The molecule has 0 aliphatic carbocycles. The van der Waals surface area contributed by atoms with Gasteiger partial charge in [-0.15, -0.1) is 0 Å². The molecule has 2 aliphatic heterocycles. The van der Waals surface area contributed by atoms with Gasteiger partial charge in [-0.3, -0.25) is 0 Å². The van der Waals surface area contributed by atoms with Crippen LogP contribution in [0.15, 0.2) is 54.6 Å². The molecule has 0 aromatic heterocycles. The minimum absolute atomic E-state index is 0.268. The SMILES string of the molecule is COc1ccc(NC(=O)N[C@H]2[C@H](O)[C@@H](Oc3ccccc3)[C@@H]3OC[C@H]2O3)cc1. The van der Waals surface area contributed by atoms with E-state index in [9.17, 15) is 9.90 Å². The highest BCUT2D eigenvalue weighted by atomic mass is 16.7. The van der Waals surface area contributed by atoms with E-state index in [4.69, 9.17) is 18.9 Å². The van der Waals surface area contributed by atoms with Crippen LogP contribution in [0.1, 0.15) is 0 Å². The van der Waals surface area contributed by atoms with Crippen LogP contribution in [0.25, 0.3) is 0 Å². The topological polar surface area (TPSA) is 98.3 Å². The van der Waals surface area contributed by atoms with E-state index in [1.165, 1.54) is 0 Å². The molecule has 0 spiro atoms. The van der Waals surface area contributed by atoms with Gasteiger partial charge in [-0.2, -0.15) is 0 Å². The Balaban J connectivity index is 1.42. The van der Waals surface area contributed by atoms with Gasteiger partial charge in [0.1, 0.15) is 23.7 Å². The molecule has 8 heteroatoms. The number of methoxy groups -OCH3 is 1. The predicted octanol–water partition coefficient (Wildman–Crippen LogP) is 1.75. The number of aliphatic hydroxyl groups is 1. The van der Waals surface area contributed by atoms with Gasteiger partial charge in [0.15, 0.2) is 12.4 Å². The largest absolute Gasteiger partial charge is 0.497 e. The molecule has 148 valence electrons. The molecule has 2 aliphatic rings. The molecule has 3 N–H and O–H groups in total. The highest BCUT2D eigenvalue weighted by Crippen LogP contribution is 2.31. The monoisotopic (exact) mass is 386 g/mol. The van der Waals surface area contributed by atoms with Crippen molar-refractivity contribution in [3.63, 3.8) is 0 Å². The van der Waals surface area contributed by atoms with E-state index >= 15 is 0 Å². The third-order valence-electron chi connectivity index (χ3n) is 4.77. The lowest BCUT2D eigenvalue weighted by atomic mass is 9.98. The van der Waals surface area contributed by atoms with Crippen LogP contribution in [-0.2, 0) is 9.47 Å². The van der Waals surface area contributed by atoms with Crippen LogP contribution in [0.5, 0.6) is 11.5 Å². The molecule has 2 fully saturated rings. The first-order valence-corrected chi connectivity index (χ1v) is 9.02. The summed E-state index contributed by atoms with van der Waals surface area (Å²) in [4.78, 5) is 12.4. The fourth-order valence-electron chi connectivity index (χ4n) is 3.34. The van der Waals surface area contributed by atoms with Crippen LogP contribution in [0, 0.1) is 0 Å². The Morgan fingerprint density at radius 2 is 1.86 bits per heavy atom. The van der Waals surface area contributed by atoms with Crippen LogP contribution in [-0.4, -0.2) is 55.5 Å². The minimum Gasteiger partial charge on any atom is -0.497 e. The molecule has 2 aromatic carbocycles. The Morgan fingerprint density at radius 1 is 1.11 bits per heavy atom. The number of aliphatic hydroxyl groups excluding tert-OH is 1. The van der Waals surface area contributed by atoms with Crippen molar-refractivity contribution in [2.24, 2.45) is 0 Å². The fourth-order valence-corrected chi connectivity index (χ4v) is 3.34. The Hall–Kier alpha value is -2.81. The number of benzene rings is 2. The third kappa shape index (κ3) is 3.89. The molecule has 2 aromatic rings. The number of amides is 2. The molecule has 0 saturated carbocycles. The van der Waals surface area contributed by atoms with Gasteiger partial charge in [-0.25, -0.2) is 4.79 Å². The number of urea groups is 1. The highest BCUT2D eigenvalue weighted by molar-refractivity contribution is 5.89. The average molecular weight is 386 g/mol. The van der Waals surface area contributed by atoms with E-state index in [-0.39, 0.29) is 6.61 Å². The van der Waals surface area contributed by atoms with Crippen LogP contribution in [0.4, 0.5) is 10.5 Å². The Kier molecular flexibility index (Phi) is 5.34. The number of hydrogen-bond donors (Lipinski definition) is 3. The van der Waals surface area contributed by atoms with Crippen molar-refractivity contribution in [1.82, 2.24) is 5.32 Å². The molecule has 28 heavy (non-hydrogen) atoms. The molecule has 8 nitrogen and oxygen atoms in total. The van der Waals surface area contributed by atoms with E-state index in [1.54, 1.807) is 43.5 Å². The predicted molar refractivity (Wildman–Crippen MR) is 100 cm³/mol. The van der Waals surface area contributed by atoms with Gasteiger partial charge >= 0.3 is 6.03 Å². The van der Waals surface area contributed by atoms with Gasteiger partial charge in [-0.05, 0) is 36.4 Å². The molecule has 5 atom stereocenters. The molecule has 0 unspecified atom stereocenters. The van der Waals surface area contributed by atoms with Crippen molar-refractivity contribution in [2.45, 2.75) is 30.6 Å². The number of ether oxygens (including phenoxy) is 4. The summed E-state index contributed by atoms with van der Waals surface area (Å²) in [6.45, 7) is 0.268. The number of rotatable bonds is 5. The molecule has 2 saturated heterocycles. The lowest BCUT2D eigenvalue weighted by molar-refractivity contribution is -0.192. The first kappa shape index (κ1) is 18.5. The first-order chi connectivity index (χ1) is 13.6. The summed E-state index contributed by atoms with van der Waals surface area (Å²) in [6, 6.07) is 14.9. The van der Waals surface area contributed by atoms with Gasteiger partial charge in [-0.1, -0.05) is 18.2 Å². The molecule has 2 heterocycles. The van der Waals surface area contributed by atoms with Crippen LogP contribution < -0.4 is 20.1 Å². The summed E-state index contributed by atoms with van der Waals surface area (Å²) in [5.74, 6) is 1.28. The zero-order valence-electron chi connectivity index (χ0n) is 15.3. The number of fused-ring (bicyclic) bond motifs is 2. The molecular weight excluding hydrogens is 364 g/mol. The summed E-state index contributed by atoms with van der Waals surface area (Å²) >= 11 is 0. The summed E-state index contributed by atoms with van der Waals surface area (Å²) in [6.07, 6.45) is -2.87. The minimum atomic E-state index is -0.993. The highest BCUT2D eigenvalue weighted by Gasteiger charge is 2.52. The number of carbonyl (C=O) groups excluding carboxylic acids is 1. The number of nitrogens with one attached hydrogen (secondary N) is 2. The smallest absolute Gasteiger partial charge is 0.319 e. The van der Waals surface area contributed by atoms with Gasteiger partial charge < -0.3 is 34.7 Å². The maximum Gasteiger partial charge on any atom is 0.319 e. The second-order valence-electron chi connectivity index (χ2n) is 6.62. The zero-order chi connectivity index (χ0) is 19.5. The number of carbonyl (C=O) groups is 1. The number of hydrogen-bond acceptors (Lipinski definition) is 6. The van der Waals surface area contributed by atoms with Crippen LogP contribution in [0.2, 0.25) is 0 Å². The maximum absolute atomic E-state index is 12.4. The number of para-hydroxylation sites is 1. The van der Waals surface area contributed by atoms with Crippen LogP contribution >= 0.6 is 0 Å². The summed E-state index contributed by atoms with van der Waals surface area (Å²) in [5, 5.41) is 16.3. The van der Waals surface area contributed by atoms with Crippen molar-refractivity contribution in [3.8, 4) is 11.5 Å². The van der Waals surface area contributed by atoms with Gasteiger partial charge in [0.25, 0.3) is 0 Å². The van der Waals surface area contributed by atoms with Gasteiger partial charge in [0, 0.05) is 5.69 Å². The first-order valence-electron chi connectivity index (χ1n) is 9.02. The second kappa shape index (κ2) is 8.05. The van der Waals surface area contributed by atoms with E-state index in [0.29, 0.717) is 17.2 Å². The summed E-state index contributed by atoms with van der Waals surface area (Å²) in [7, 11) is 1.57. The molecule has 0 radical (unpaired) electrons. The quantitative estimate of drug-likeness (QED) is 0.724. The molecule has 4 rings (SSSR count). The van der Waals surface area contributed by atoms with E-state index in [0.717, 1.165) is 0 Å². The maximum atomic E-state index is 12.4. The fraction of sp³-hybridized carbons (Fsp3) is 0.350. The van der Waals surface area contributed by atoms with E-state index < -0.39 is 36.7 Å². The van der Waals surface area contributed by atoms with E-state index in [2.05, 4.69) is 10.6 Å². The lowest BCUT2D eigenvalue weighted by Crippen LogP contribution is -2.62. The Morgan fingerprint density at radius 3 is 2.57 bits per heavy atom. The van der Waals surface area contributed by atoms with Gasteiger partial charge in [0.2, 0.25) is 0 Å². The van der Waals surface area contributed by atoms with Crippen molar-refractivity contribution in [1.29, 1.82) is 0 Å². The zero-order valence-corrected chi connectivity index (χ0v) is 15.3. The Bertz CT molecular complexity index is 800. The summed E-state index contributed by atoms with van der Waals surface area (Å²) < 4.78 is 22.3. The van der Waals surface area contributed by atoms with Crippen LogP contribution in [0.3, 0.4) is 0 Å². The normalized spacial score (nSPS) is 28.4. The van der Waals surface area contributed by atoms with Crippen molar-refractivity contribution < 1.29 is 28.8 Å². The van der Waals surface area contributed by atoms with Gasteiger partial charge in [0.05, 0.1) is 19.8 Å². The lowest BCUT2D eigenvalue weighted by Gasteiger charge is -2.38. The molecule has 2 amide bonds. The number of anilines is 1. The van der Waals surface area contributed by atoms with Crippen molar-refractivity contribution >= 4 is 11.7 Å². The molecule has 2 bridgehead atoms.